The minimum atomic E-state index is -0.688. The number of aromatic hydroxyl groups is 1. The van der Waals surface area contributed by atoms with E-state index in [9.17, 15) is 9.90 Å². The third-order valence-electron chi connectivity index (χ3n) is 3.16. The van der Waals surface area contributed by atoms with E-state index in [1.165, 1.54) is 7.11 Å². The molecule has 24 heavy (non-hydrogen) atoms. The highest BCUT2D eigenvalue weighted by molar-refractivity contribution is 14.1. The minimum absolute atomic E-state index is 0.222. The molecule has 3 N–H and O–H groups in total. The maximum absolute atomic E-state index is 11.5. The van der Waals surface area contributed by atoms with Crippen LogP contribution in [-0.4, -0.2) is 24.2 Å². The van der Waals surface area contributed by atoms with E-state index in [2.05, 4.69) is 49.9 Å². The van der Waals surface area contributed by atoms with Gasteiger partial charge < -0.3 is 20.3 Å². The van der Waals surface area contributed by atoms with E-state index in [1.54, 1.807) is 18.2 Å². The summed E-state index contributed by atoms with van der Waals surface area (Å²) < 4.78 is 13.1. The lowest BCUT2D eigenvalue weighted by Gasteiger charge is -2.14. The smallest absolute Gasteiger partial charge is 0.322 e. The molecule has 0 spiro atoms. The summed E-state index contributed by atoms with van der Waals surface area (Å²) in [6.45, 7) is 0. The molecule has 0 amide bonds. The Morgan fingerprint density at radius 1 is 1.17 bits per heavy atom. The number of hydrogen-bond acceptors (Lipinski definition) is 5. The molecule has 2 aromatic rings. The third kappa shape index (κ3) is 5.08. The normalized spacial score (nSPS) is 11.9. The quantitative estimate of drug-likeness (QED) is 0.373. The van der Waals surface area contributed by atoms with Crippen LogP contribution in [-0.2, 0) is 16.0 Å². The van der Waals surface area contributed by atoms with E-state index in [1.807, 2.05) is 34.7 Å². The molecule has 0 bridgehead atoms. The standard InChI is InChI=1S/C16H14I3NO4/c1-23-16(22)13(20)6-8-4-11(18)15(12(19)5-8)24-9-2-3-14(21)10(17)7-9/h2-5,7,13,21H,6,20H2,1H3/t13-/m0/s1. The van der Waals surface area contributed by atoms with E-state index < -0.39 is 12.0 Å². The van der Waals surface area contributed by atoms with Crippen LogP contribution >= 0.6 is 67.8 Å². The van der Waals surface area contributed by atoms with Gasteiger partial charge in [0.05, 0.1) is 17.8 Å². The van der Waals surface area contributed by atoms with E-state index in [0.717, 1.165) is 22.0 Å². The van der Waals surface area contributed by atoms with Gasteiger partial charge in [-0.2, -0.15) is 0 Å². The van der Waals surface area contributed by atoms with Crippen molar-refractivity contribution >= 4 is 73.7 Å². The van der Waals surface area contributed by atoms with Gasteiger partial charge in [0, 0.05) is 0 Å². The number of ether oxygens (including phenoxy) is 2. The highest BCUT2D eigenvalue weighted by Crippen LogP contribution is 2.34. The van der Waals surface area contributed by atoms with E-state index in [0.29, 0.717) is 12.2 Å². The number of rotatable bonds is 5. The van der Waals surface area contributed by atoms with E-state index >= 15 is 0 Å². The van der Waals surface area contributed by atoms with Gasteiger partial charge in [0.1, 0.15) is 17.5 Å². The predicted molar refractivity (Wildman–Crippen MR) is 116 cm³/mol. The predicted octanol–water partition coefficient (Wildman–Crippen LogP) is 4.04. The second-order valence-corrected chi connectivity index (χ2v) is 8.42. The molecule has 2 rings (SSSR count). The van der Waals surface area contributed by atoms with Gasteiger partial charge in [-0.15, -0.1) is 0 Å². The number of benzene rings is 2. The minimum Gasteiger partial charge on any atom is -0.507 e. The number of halogens is 3. The topological polar surface area (TPSA) is 81.8 Å². The fraction of sp³-hybridized carbons (Fsp3) is 0.188. The fourth-order valence-corrected chi connectivity index (χ4v) is 4.59. The largest absolute Gasteiger partial charge is 0.507 e. The Hall–Kier alpha value is -0.340. The van der Waals surface area contributed by atoms with Gasteiger partial charge in [-0.3, -0.25) is 4.79 Å². The maximum atomic E-state index is 11.5. The number of carbonyl (C=O) groups excluding carboxylic acids is 1. The van der Waals surface area contributed by atoms with Crippen LogP contribution in [0.4, 0.5) is 0 Å². The molecular weight excluding hydrogens is 651 g/mol. The number of phenolic OH excluding ortho intramolecular Hbond substituents is 1. The second kappa shape index (κ2) is 8.85. The summed E-state index contributed by atoms with van der Waals surface area (Å²) in [6, 6.07) is 8.26. The van der Waals surface area contributed by atoms with Crippen molar-refractivity contribution in [3.63, 3.8) is 0 Å². The average Bonchev–Trinajstić information content (AvgIpc) is 2.53. The molecule has 128 valence electrons. The van der Waals surface area contributed by atoms with Crippen LogP contribution in [0.15, 0.2) is 30.3 Å². The van der Waals surface area contributed by atoms with Gasteiger partial charge in [-0.1, -0.05) is 0 Å². The average molecular weight is 665 g/mol. The summed E-state index contributed by atoms with van der Waals surface area (Å²) in [5, 5.41) is 9.59. The summed E-state index contributed by atoms with van der Waals surface area (Å²) in [4.78, 5) is 11.5. The van der Waals surface area contributed by atoms with Crippen molar-refractivity contribution in [2.75, 3.05) is 7.11 Å². The van der Waals surface area contributed by atoms with Crippen molar-refractivity contribution in [1.82, 2.24) is 0 Å². The first-order valence-electron chi connectivity index (χ1n) is 6.79. The zero-order valence-corrected chi connectivity index (χ0v) is 19.0. The number of phenols is 1. The zero-order chi connectivity index (χ0) is 17.9. The van der Waals surface area contributed by atoms with Gasteiger partial charge in [0.15, 0.2) is 5.75 Å². The summed E-state index contributed by atoms with van der Waals surface area (Å²) in [7, 11) is 1.33. The van der Waals surface area contributed by atoms with Crippen LogP contribution in [0.2, 0.25) is 0 Å². The molecule has 0 saturated heterocycles. The lowest BCUT2D eigenvalue weighted by molar-refractivity contribution is -0.142. The fourth-order valence-electron chi connectivity index (χ4n) is 1.99. The zero-order valence-electron chi connectivity index (χ0n) is 12.6. The van der Waals surface area contributed by atoms with Crippen molar-refractivity contribution in [1.29, 1.82) is 0 Å². The van der Waals surface area contributed by atoms with Gasteiger partial charge in [-0.05, 0) is 110 Å². The molecule has 0 fully saturated rings. The Morgan fingerprint density at radius 3 is 2.33 bits per heavy atom. The van der Waals surface area contributed by atoms with Crippen molar-refractivity contribution < 1.29 is 19.4 Å². The van der Waals surface area contributed by atoms with E-state index in [4.69, 9.17) is 10.5 Å². The number of carbonyl (C=O) groups is 1. The highest BCUT2D eigenvalue weighted by Gasteiger charge is 2.17. The van der Waals surface area contributed by atoms with Gasteiger partial charge in [0.25, 0.3) is 0 Å². The summed E-state index contributed by atoms with van der Waals surface area (Å²) in [6.07, 6.45) is 0.399. The Bertz CT molecular complexity index is 744. The molecule has 0 radical (unpaired) electrons. The summed E-state index contributed by atoms with van der Waals surface area (Å²) in [5.74, 6) is 1.17. The Balaban J connectivity index is 2.23. The van der Waals surface area contributed by atoms with Crippen LogP contribution < -0.4 is 10.5 Å². The second-order valence-electron chi connectivity index (χ2n) is 4.94. The summed E-state index contributed by atoms with van der Waals surface area (Å²) >= 11 is 6.43. The number of methoxy groups -OCH3 is 1. The molecule has 8 heteroatoms. The Kier molecular flexibility index (Phi) is 7.37. The lowest BCUT2D eigenvalue weighted by atomic mass is 10.1. The molecule has 0 aromatic heterocycles. The molecule has 5 nitrogen and oxygen atoms in total. The highest BCUT2D eigenvalue weighted by atomic mass is 127. The number of esters is 1. The molecular formula is C16H14I3NO4. The molecule has 0 unspecified atom stereocenters. The van der Waals surface area contributed by atoms with Crippen LogP contribution in [0, 0.1) is 10.7 Å². The SMILES string of the molecule is COC(=O)[C@@H](N)Cc1cc(I)c(Oc2ccc(O)c(I)c2)c(I)c1. The lowest BCUT2D eigenvalue weighted by Crippen LogP contribution is -2.33. The molecule has 0 saturated carbocycles. The van der Waals surface area contributed by atoms with Crippen molar-refractivity contribution in [2.45, 2.75) is 12.5 Å². The first-order valence-corrected chi connectivity index (χ1v) is 10.0. The first kappa shape index (κ1) is 20.0. The van der Waals surface area contributed by atoms with Crippen molar-refractivity contribution in [3.8, 4) is 17.2 Å². The van der Waals surface area contributed by atoms with Crippen LogP contribution in [0.1, 0.15) is 5.56 Å². The summed E-state index contributed by atoms with van der Waals surface area (Å²) in [5.41, 5.74) is 6.76. The van der Waals surface area contributed by atoms with Crippen molar-refractivity contribution in [3.05, 3.63) is 46.6 Å². The van der Waals surface area contributed by atoms with Crippen LogP contribution in [0.25, 0.3) is 0 Å². The van der Waals surface area contributed by atoms with Crippen LogP contribution in [0.5, 0.6) is 17.2 Å². The molecule has 0 aliphatic heterocycles. The van der Waals surface area contributed by atoms with Gasteiger partial charge in [-0.25, -0.2) is 0 Å². The molecule has 0 aliphatic rings. The number of hydrogen-bond donors (Lipinski definition) is 2. The van der Waals surface area contributed by atoms with Crippen LogP contribution in [0.3, 0.4) is 0 Å². The van der Waals surface area contributed by atoms with E-state index in [-0.39, 0.29) is 5.75 Å². The Morgan fingerprint density at radius 2 is 1.79 bits per heavy atom. The molecule has 0 heterocycles. The monoisotopic (exact) mass is 665 g/mol. The van der Waals surface area contributed by atoms with Crippen molar-refractivity contribution in [2.24, 2.45) is 5.73 Å². The Labute approximate surface area is 180 Å². The first-order chi connectivity index (χ1) is 11.3. The third-order valence-corrected chi connectivity index (χ3v) is 5.62. The van der Waals surface area contributed by atoms with Gasteiger partial charge >= 0.3 is 5.97 Å². The molecule has 2 aromatic carbocycles. The maximum Gasteiger partial charge on any atom is 0.322 e. The number of nitrogens with two attached hydrogens (primary N) is 1. The molecule has 1 atom stereocenters. The molecule has 0 aliphatic carbocycles. The van der Waals surface area contributed by atoms with Gasteiger partial charge in [0.2, 0.25) is 0 Å².